The Labute approximate surface area is 112 Å². The minimum atomic E-state index is -3.60. The molecule has 2 N–H and O–H groups in total. The number of nitrogens with zero attached hydrogens (tertiary/aromatic N) is 1. The molecule has 1 rings (SSSR count). The number of alkyl halides is 1. The molecule has 18 heavy (non-hydrogen) atoms. The molecule has 0 aromatic carbocycles. The Bertz CT molecular complexity index is 455. The molecule has 0 amide bonds. The van der Waals surface area contributed by atoms with Crippen LogP contribution in [0.1, 0.15) is 19.2 Å². The molecule has 0 spiro atoms. The van der Waals surface area contributed by atoms with Crippen molar-refractivity contribution >= 4 is 21.6 Å². The van der Waals surface area contributed by atoms with E-state index in [1.165, 1.54) is 13.3 Å². The SMILES string of the molecule is CCc1ncc(S(=O)(=O)NC(CCCl)COC)[nH]1. The molecule has 0 saturated carbocycles. The zero-order valence-corrected chi connectivity index (χ0v) is 12.0. The zero-order chi connectivity index (χ0) is 13.6. The standard InChI is InChI=1S/C10H18ClN3O3S/c1-3-9-12-6-10(13-9)18(15,16)14-8(4-5-11)7-17-2/h6,8,14H,3-5,7H2,1-2H3,(H,12,13). The fraction of sp³-hybridized carbons (Fsp3) is 0.700. The fourth-order valence-electron chi connectivity index (χ4n) is 1.45. The van der Waals surface area contributed by atoms with Gasteiger partial charge in [-0.1, -0.05) is 6.92 Å². The average Bonchev–Trinajstić information content (AvgIpc) is 2.78. The fourth-order valence-corrected chi connectivity index (χ4v) is 2.91. The van der Waals surface area contributed by atoms with Gasteiger partial charge in [0.2, 0.25) is 0 Å². The van der Waals surface area contributed by atoms with Crippen molar-refractivity contribution in [2.45, 2.75) is 30.8 Å². The van der Waals surface area contributed by atoms with Crippen LogP contribution in [0.4, 0.5) is 0 Å². The quantitative estimate of drug-likeness (QED) is 0.698. The van der Waals surface area contributed by atoms with Gasteiger partial charge in [0.25, 0.3) is 10.0 Å². The second-order valence-electron chi connectivity index (χ2n) is 3.80. The maximum atomic E-state index is 12.0. The Balaban J connectivity index is 2.78. The van der Waals surface area contributed by atoms with Gasteiger partial charge in [0.1, 0.15) is 5.82 Å². The Morgan fingerprint density at radius 2 is 2.33 bits per heavy atom. The first kappa shape index (κ1) is 15.4. The minimum Gasteiger partial charge on any atom is -0.383 e. The smallest absolute Gasteiger partial charge is 0.257 e. The molecule has 0 aliphatic rings. The Hall–Kier alpha value is -0.630. The molecular formula is C10H18ClN3O3S. The van der Waals surface area contributed by atoms with Gasteiger partial charge in [-0.15, -0.1) is 11.6 Å². The number of sulfonamides is 1. The number of hydrogen-bond acceptors (Lipinski definition) is 4. The Morgan fingerprint density at radius 1 is 1.61 bits per heavy atom. The van der Waals surface area contributed by atoms with E-state index in [0.29, 0.717) is 24.5 Å². The van der Waals surface area contributed by atoms with E-state index in [1.807, 2.05) is 6.92 Å². The molecule has 1 aromatic heterocycles. The minimum absolute atomic E-state index is 0.0648. The molecule has 6 nitrogen and oxygen atoms in total. The highest BCUT2D eigenvalue weighted by molar-refractivity contribution is 7.89. The monoisotopic (exact) mass is 295 g/mol. The molecule has 104 valence electrons. The predicted molar refractivity (Wildman–Crippen MR) is 69.3 cm³/mol. The van der Waals surface area contributed by atoms with E-state index in [-0.39, 0.29) is 17.7 Å². The number of nitrogens with one attached hydrogen (secondary N) is 2. The molecule has 1 atom stereocenters. The lowest BCUT2D eigenvalue weighted by atomic mass is 10.3. The maximum Gasteiger partial charge on any atom is 0.257 e. The summed E-state index contributed by atoms with van der Waals surface area (Å²) in [6.07, 6.45) is 2.47. The van der Waals surface area contributed by atoms with Crippen LogP contribution >= 0.6 is 11.6 Å². The zero-order valence-electron chi connectivity index (χ0n) is 10.4. The van der Waals surface area contributed by atoms with Gasteiger partial charge in [0.15, 0.2) is 5.03 Å². The van der Waals surface area contributed by atoms with Gasteiger partial charge in [-0.2, -0.15) is 0 Å². The molecule has 0 bridgehead atoms. The van der Waals surface area contributed by atoms with Crippen LogP contribution in [-0.4, -0.2) is 44.0 Å². The Kier molecular flexibility index (Phi) is 6.07. The predicted octanol–water partition coefficient (Wildman–Crippen LogP) is 0.894. The lowest BCUT2D eigenvalue weighted by Gasteiger charge is -2.15. The highest BCUT2D eigenvalue weighted by atomic mass is 35.5. The summed E-state index contributed by atoms with van der Waals surface area (Å²) < 4.78 is 31.6. The van der Waals surface area contributed by atoms with Crippen molar-refractivity contribution in [3.63, 3.8) is 0 Å². The average molecular weight is 296 g/mol. The van der Waals surface area contributed by atoms with E-state index in [0.717, 1.165) is 0 Å². The van der Waals surface area contributed by atoms with Crippen LogP contribution in [0.15, 0.2) is 11.2 Å². The van der Waals surface area contributed by atoms with Crippen LogP contribution in [-0.2, 0) is 21.2 Å². The highest BCUT2D eigenvalue weighted by Crippen LogP contribution is 2.08. The summed E-state index contributed by atoms with van der Waals surface area (Å²) in [6.45, 7) is 2.17. The van der Waals surface area contributed by atoms with E-state index in [1.54, 1.807) is 0 Å². The summed E-state index contributed by atoms with van der Waals surface area (Å²) in [5.74, 6) is 0.996. The lowest BCUT2D eigenvalue weighted by Crippen LogP contribution is -2.38. The molecule has 1 unspecified atom stereocenters. The topological polar surface area (TPSA) is 84.1 Å². The van der Waals surface area contributed by atoms with Crippen LogP contribution in [0.5, 0.6) is 0 Å². The molecule has 1 heterocycles. The van der Waals surface area contributed by atoms with Crippen molar-refractivity contribution in [2.24, 2.45) is 0 Å². The number of aromatic nitrogens is 2. The van der Waals surface area contributed by atoms with Gasteiger partial charge in [-0.3, -0.25) is 0 Å². The number of methoxy groups -OCH3 is 1. The van der Waals surface area contributed by atoms with Crippen molar-refractivity contribution in [1.82, 2.24) is 14.7 Å². The first-order valence-corrected chi connectivity index (χ1v) is 7.66. The molecule has 0 aliphatic heterocycles. The third-order valence-electron chi connectivity index (χ3n) is 2.38. The number of imidazole rings is 1. The van der Waals surface area contributed by atoms with Gasteiger partial charge in [-0.05, 0) is 6.42 Å². The van der Waals surface area contributed by atoms with Crippen LogP contribution < -0.4 is 4.72 Å². The summed E-state index contributed by atoms with van der Waals surface area (Å²) in [4.78, 5) is 6.73. The first-order valence-electron chi connectivity index (χ1n) is 5.64. The molecule has 0 saturated heterocycles. The molecule has 0 aliphatic carbocycles. The van der Waals surface area contributed by atoms with Gasteiger partial charge >= 0.3 is 0 Å². The van der Waals surface area contributed by atoms with Crippen LogP contribution in [0.25, 0.3) is 0 Å². The second kappa shape index (κ2) is 7.08. The van der Waals surface area contributed by atoms with Crippen molar-refractivity contribution in [3.8, 4) is 0 Å². The number of halogens is 1. The number of rotatable bonds is 8. The van der Waals surface area contributed by atoms with Crippen molar-refractivity contribution < 1.29 is 13.2 Å². The molecule has 0 radical (unpaired) electrons. The maximum absolute atomic E-state index is 12.0. The highest BCUT2D eigenvalue weighted by Gasteiger charge is 2.21. The van der Waals surface area contributed by atoms with Gasteiger partial charge in [-0.25, -0.2) is 18.1 Å². The molecule has 8 heteroatoms. The van der Waals surface area contributed by atoms with Crippen LogP contribution in [0.2, 0.25) is 0 Å². The van der Waals surface area contributed by atoms with E-state index >= 15 is 0 Å². The number of aromatic amines is 1. The third kappa shape index (κ3) is 4.24. The van der Waals surface area contributed by atoms with Gasteiger partial charge in [0, 0.05) is 25.5 Å². The number of hydrogen-bond donors (Lipinski definition) is 2. The third-order valence-corrected chi connectivity index (χ3v) is 4.03. The first-order chi connectivity index (χ1) is 8.53. The van der Waals surface area contributed by atoms with E-state index in [2.05, 4.69) is 14.7 Å². The van der Waals surface area contributed by atoms with Crippen LogP contribution in [0.3, 0.4) is 0 Å². The van der Waals surface area contributed by atoms with Crippen LogP contribution in [0, 0.1) is 0 Å². The normalized spacial score (nSPS) is 13.7. The van der Waals surface area contributed by atoms with E-state index < -0.39 is 10.0 Å². The summed E-state index contributed by atoms with van der Waals surface area (Å²) in [5, 5.41) is 0.0648. The number of H-pyrrole nitrogens is 1. The van der Waals surface area contributed by atoms with Crippen molar-refractivity contribution in [1.29, 1.82) is 0 Å². The summed E-state index contributed by atoms with van der Waals surface area (Å²) >= 11 is 5.62. The molecule has 1 aromatic rings. The Morgan fingerprint density at radius 3 is 2.83 bits per heavy atom. The molecular weight excluding hydrogens is 278 g/mol. The number of aryl methyl sites for hydroxylation is 1. The summed E-state index contributed by atoms with van der Waals surface area (Å²) in [5.41, 5.74) is 0. The number of ether oxygens (including phenoxy) is 1. The summed E-state index contributed by atoms with van der Waals surface area (Å²) in [6, 6.07) is -0.342. The van der Waals surface area contributed by atoms with Gasteiger partial charge in [0.05, 0.1) is 12.8 Å². The second-order valence-corrected chi connectivity index (χ2v) is 5.86. The largest absolute Gasteiger partial charge is 0.383 e. The van der Waals surface area contributed by atoms with E-state index in [9.17, 15) is 8.42 Å². The van der Waals surface area contributed by atoms with Gasteiger partial charge < -0.3 is 9.72 Å². The van der Waals surface area contributed by atoms with Crippen molar-refractivity contribution in [3.05, 3.63) is 12.0 Å². The summed E-state index contributed by atoms with van der Waals surface area (Å²) in [7, 11) is -2.09. The van der Waals surface area contributed by atoms with Crippen molar-refractivity contribution in [2.75, 3.05) is 19.6 Å². The molecule has 0 fully saturated rings. The lowest BCUT2D eigenvalue weighted by molar-refractivity contribution is 0.173. The van der Waals surface area contributed by atoms with E-state index in [4.69, 9.17) is 16.3 Å².